The van der Waals surface area contributed by atoms with Gasteiger partial charge in [-0.05, 0) is 51.7 Å². The van der Waals surface area contributed by atoms with Gasteiger partial charge in [0, 0.05) is 78.2 Å². The smallest absolute Gasteiger partial charge is 0.408 e. The van der Waals surface area contributed by atoms with Gasteiger partial charge >= 0.3 is 12.2 Å². The monoisotopic (exact) mass is 993 g/mol. The minimum atomic E-state index is -1.81. The van der Waals surface area contributed by atoms with Crippen LogP contribution in [0.4, 0.5) is 50.6 Å². The van der Waals surface area contributed by atoms with Gasteiger partial charge in [0.15, 0.2) is 41.7 Å². The predicted molar refractivity (Wildman–Crippen MR) is 244 cm³/mol. The highest BCUT2D eigenvalue weighted by Crippen LogP contribution is 2.39. The number of nitrogens with one attached hydrogen (secondary N) is 6. The fourth-order valence-electron chi connectivity index (χ4n) is 8.73. The summed E-state index contributed by atoms with van der Waals surface area (Å²) in [4.78, 5) is 39.4. The van der Waals surface area contributed by atoms with Crippen LogP contribution >= 0.6 is 0 Å². The molecule has 2 aliphatic carbocycles. The van der Waals surface area contributed by atoms with Gasteiger partial charge in [0.1, 0.15) is 41.4 Å². The molecule has 1 aromatic carbocycles. The number of aromatic amines is 2. The number of benzene rings is 1. The average Bonchev–Trinajstić information content (AvgIpc) is 3.89. The molecular weight excluding hydrogens is 949 g/mol. The molecule has 12 rings (SSSR count). The minimum Gasteiger partial charge on any atom is -0.441 e. The highest BCUT2D eigenvalue weighted by Gasteiger charge is 2.47. The zero-order valence-corrected chi connectivity index (χ0v) is 38.6. The largest absolute Gasteiger partial charge is 0.441 e. The fourth-order valence-corrected chi connectivity index (χ4v) is 8.73. The molecule has 22 nitrogen and oxygen atoms in total. The Morgan fingerprint density at radius 3 is 2.15 bits per heavy atom. The summed E-state index contributed by atoms with van der Waals surface area (Å²) < 4.78 is 90.5. The van der Waals surface area contributed by atoms with Crippen LogP contribution in [0.5, 0.6) is 0 Å². The number of alkyl carbamates (subject to hydrolysis) is 2. The van der Waals surface area contributed by atoms with Gasteiger partial charge in [-0.3, -0.25) is 14.2 Å². The zero-order chi connectivity index (χ0) is 49.6. The van der Waals surface area contributed by atoms with E-state index < -0.39 is 66.1 Å². The predicted octanol–water partition coefficient (Wildman–Crippen LogP) is 6.05. The van der Waals surface area contributed by atoms with E-state index in [4.69, 9.17) is 34.0 Å². The quantitative estimate of drug-likeness (QED) is 0.0570. The van der Waals surface area contributed by atoms with Crippen molar-refractivity contribution in [3.63, 3.8) is 0 Å². The number of aryl methyl sites for hydroxylation is 1. The third-order valence-corrected chi connectivity index (χ3v) is 13.2. The van der Waals surface area contributed by atoms with E-state index in [0.29, 0.717) is 16.9 Å². The van der Waals surface area contributed by atoms with Crippen molar-refractivity contribution in [3.05, 3.63) is 96.5 Å². The van der Waals surface area contributed by atoms with Crippen LogP contribution in [0.1, 0.15) is 63.1 Å². The van der Waals surface area contributed by atoms with Gasteiger partial charge in [-0.1, -0.05) is 0 Å². The van der Waals surface area contributed by atoms with Gasteiger partial charge in [0.05, 0.1) is 36.5 Å². The summed E-state index contributed by atoms with van der Waals surface area (Å²) in [5.74, 6) is -0.632. The highest BCUT2D eigenvalue weighted by atomic mass is 19.1. The minimum absolute atomic E-state index is 0.0963. The summed E-state index contributed by atoms with van der Waals surface area (Å²) in [5, 5.41) is 31.4. The number of imidazole rings is 1. The molecule has 9 heterocycles. The first kappa shape index (κ1) is 45.0. The van der Waals surface area contributed by atoms with Crippen LogP contribution in [0.3, 0.4) is 0 Å². The van der Waals surface area contributed by atoms with E-state index in [1.165, 1.54) is 21.5 Å². The maximum absolute atomic E-state index is 16.5. The molecular formula is C46H45F4N16O6+. The van der Waals surface area contributed by atoms with Gasteiger partial charge in [0.25, 0.3) is 17.6 Å². The van der Waals surface area contributed by atoms with E-state index in [2.05, 4.69) is 46.6 Å². The van der Waals surface area contributed by atoms with Crippen LogP contribution in [-0.4, -0.2) is 115 Å². The molecule has 2 aliphatic heterocycles. The Hall–Kier alpha value is -8.13. The van der Waals surface area contributed by atoms with E-state index in [1.54, 1.807) is 59.1 Å². The van der Waals surface area contributed by atoms with Crippen LogP contribution in [0.2, 0.25) is 0 Å². The Kier molecular flexibility index (Phi) is 10.7. The molecule has 0 bridgehead atoms. The Morgan fingerprint density at radius 1 is 0.819 bits per heavy atom. The fraction of sp³-hybridized carbons (Fsp3) is 0.370. The number of hydrogen-bond acceptors (Lipinski definition) is 14. The number of rotatable bonds is 13. The summed E-state index contributed by atoms with van der Waals surface area (Å²) in [6.45, 7) is 3.33. The lowest BCUT2D eigenvalue weighted by atomic mass is 10.1. The van der Waals surface area contributed by atoms with E-state index in [9.17, 15) is 18.4 Å². The topological polar surface area (TPSA) is 246 Å². The second-order valence-electron chi connectivity index (χ2n) is 19.0. The molecule has 8 aromatic rings. The number of H-pyrrole nitrogens is 2. The van der Waals surface area contributed by atoms with E-state index in [0.717, 1.165) is 43.9 Å². The third-order valence-electron chi connectivity index (χ3n) is 13.2. The number of nitrogens with zero attached hydrogens (tertiary/aromatic N) is 10. The number of carbonyl (C=O) groups excluding carboxylic acids is 2. The maximum Gasteiger partial charge on any atom is 0.408 e. The van der Waals surface area contributed by atoms with E-state index in [-0.39, 0.29) is 76.1 Å². The highest BCUT2D eigenvalue weighted by molar-refractivity contribution is 5.78. The van der Waals surface area contributed by atoms with Gasteiger partial charge in [-0.25, -0.2) is 47.5 Å². The summed E-state index contributed by atoms with van der Waals surface area (Å²) in [6, 6.07) is 9.43. The SMILES string of the molecule is Cn1cc(-c2cc3nccn3c(Nc3cc([C@H]4OC[C@@H](OC(=O)NC5(C)CC5)[C@@H]4F)[nH][n+]3-c3cnc(Nc4cc([C@@H]5OC[C@H](OC(=O)NC6(C)CC6)[C@H]5F)[nH]n4)c4cc(-c5cc(F)cc(F)c5)nn34)n2)cn1. The van der Waals surface area contributed by atoms with Crippen LogP contribution in [0.15, 0.2) is 73.4 Å². The van der Waals surface area contributed by atoms with Crippen molar-refractivity contribution in [1.82, 2.24) is 64.7 Å². The first-order chi connectivity index (χ1) is 34.6. The number of amides is 2. The standard InChI is InChI=1S/C46H44F4N16O6/c1-45(4-5-45)57-43(67)71-31-20-69-39(37(31)49)28-14-33(60-59-28)55-41-30-13-27(22-10-24(47)12-25(48)11-22)61-65(30)36(18-52-41)66-35(56-42-54-26(23-17-53-63(3)19-23)15-34-51-8-9-64(34)42)16-29(62-66)40-38(50)32(21-70-40)72-44(68)58-46(2)6-7-46/h8-19,31-32,37-40H,4-7,20-21H2,1-3H3,(H5,51,52,54,55,56,57,58,59,60,61,62,67,68)/p+1/t31-,32+,37+,38-,39-,40+/m0/s1. The molecule has 4 aliphatic rings. The first-order valence-electron chi connectivity index (χ1n) is 23.1. The summed E-state index contributed by atoms with van der Waals surface area (Å²) in [5.41, 5.74) is 1.97. The number of alkyl halides is 2. The lowest BCUT2D eigenvalue weighted by Crippen LogP contribution is -2.39. The Morgan fingerprint density at radius 2 is 1.50 bits per heavy atom. The van der Waals surface area contributed by atoms with E-state index >= 15 is 8.78 Å². The van der Waals surface area contributed by atoms with Crippen molar-refractivity contribution in [3.8, 4) is 28.3 Å². The van der Waals surface area contributed by atoms with Crippen molar-refractivity contribution in [2.75, 3.05) is 23.8 Å². The average molecular weight is 994 g/mol. The van der Waals surface area contributed by atoms with Crippen molar-refractivity contribution in [2.45, 2.75) is 87.4 Å². The molecule has 0 radical (unpaired) electrons. The van der Waals surface area contributed by atoms with Crippen LogP contribution in [0, 0.1) is 11.6 Å². The van der Waals surface area contributed by atoms with Gasteiger partial charge in [-0.2, -0.15) is 15.2 Å². The molecule has 2 amide bonds. The van der Waals surface area contributed by atoms with Gasteiger partial charge < -0.3 is 34.9 Å². The molecule has 0 unspecified atom stereocenters. The number of anilines is 4. The number of aromatic nitrogens is 12. The summed E-state index contributed by atoms with van der Waals surface area (Å²) in [6.07, 6.45) is 1.57. The summed E-state index contributed by atoms with van der Waals surface area (Å²) >= 11 is 0. The molecule has 7 aromatic heterocycles. The first-order valence-corrected chi connectivity index (χ1v) is 23.1. The molecule has 6 N–H and O–H groups in total. The summed E-state index contributed by atoms with van der Waals surface area (Å²) in [7, 11) is 1.78. The Labute approximate surface area is 404 Å². The number of carbonyl (C=O) groups is 2. The second kappa shape index (κ2) is 17.0. The molecule has 0 spiro atoms. The van der Waals surface area contributed by atoms with Crippen molar-refractivity contribution >= 4 is 46.8 Å². The third kappa shape index (κ3) is 8.64. The number of ether oxygens (including phenoxy) is 4. The molecule has 2 saturated heterocycles. The zero-order valence-electron chi connectivity index (χ0n) is 38.6. The van der Waals surface area contributed by atoms with Crippen molar-refractivity contribution < 1.29 is 50.8 Å². The second-order valence-corrected chi connectivity index (χ2v) is 19.0. The van der Waals surface area contributed by atoms with Crippen LogP contribution in [0.25, 0.3) is 39.5 Å². The molecule has 2 saturated carbocycles. The van der Waals surface area contributed by atoms with Gasteiger partial charge in [0.2, 0.25) is 0 Å². The Balaban J connectivity index is 0.914. The van der Waals surface area contributed by atoms with E-state index in [1.807, 2.05) is 13.8 Å². The number of fused-ring (bicyclic) bond motifs is 2. The van der Waals surface area contributed by atoms with Crippen LogP contribution in [-0.2, 0) is 26.0 Å². The molecule has 372 valence electrons. The Bertz CT molecular complexity index is 3400. The molecule has 72 heavy (non-hydrogen) atoms. The molecule has 4 fully saturated rings. The normalized spacial score (nSPS) is 22.8. The molecule has 26 heteroatoms. The van der Waals surface area contributed by atoms with Gasteiger partial charge in [-0.15, -0.1) is 14.3 Å². The van der Waals surface area contributed by atoms with Crippen molar-refractivity contribution in [1.29, 1.82) is 0 Å². The lowest BCUT2D eigenvalue weighted by Gasteiger charge is -2.17. The lowest BCUT2D eigenvalue weighted by molar-refractivity contribution is -0.646. The number of hydrogen-bond donors (Lipinski definition) is 6. The molecule has 6 atom stereocenters. The maximum atomic E-state index is 16.5. The number of halogens is 4. The van der Waals surface area contributed by atoms with Crippen molar-refractivity contribution in [2.24, 2.45) is 7.05 Å². The van der Waals surface area contributed by atoms with Crippen LogP contribution < -0.4 is 25.9 Å².